The molecule has 0 bridgehead atoms. The van der Waals surface area contributed by atoms with Crippen LogP contribution in [0.5, 0.6) is 0 Å². The van der Waals surface area contributed by atoms with Gasteiger partial charge >= 0.3 is 0 Å². The number of nitrogen functional groups attached to an aromatic ring is 1. The third-order valence-electron chi connectivity index (χ3n) is 2.21. The predicted octanol–water partition coefficient (Wildman–Crippen LogP) is 1.62. The van der Waals surface area contributed by atoms with Crippen molar-refractivity contribution < 1.29 is 4.79 Å². The fraction of sp³-hybridized carbons (Fsp3) is 0.462. The molecule has 1 rings (SSSR count). The third kappa shape index (κ3) is 4.76. The van der Waals surface area contributed by atoms with Crippen molar-refractivity contribution in [2.45, 2.75) is 26.3 Å². The molecule has 0 saturated heterocycles. The molecule has 3 N–H and O–H groups in total. The Morgan fingerprint density at radius 1 is 1.41 bits per heavy atom. The summed E-state index contributed by atoms with van der Waals surface area (Å²) in [7, 11) is 1.87. The molecular weight excluding hydrogens is 214 g/mol. The molecule has 0 spiro atoms. The van der Waals surface area contributed by atoms with Crippen molar-refractivity contribution in [2.24, 2.45) is 0 Å². The molecule has 1 amide bonds. The zero-order chi connectivity index (χ0) is 13.1. The fourth-order valence-electron chi connectivity index (χ4n) is 1.53. The Labute approximate surface area is 103 Å². The zero-order valence-electron chi connectivity index (χ0n) is 10.9. The Morgan fingerprint density at radius 3 is 2.59 bits per heavy atom. The van der Waals surface area contributed by atoms with Crippen LogP contribution in [0.2, 0.25) is 0 Å². The van der Waals surface area contributed by atoms with Crippen LogP contribution in [-0.2, 0) is 4.79 Å². The van der Waals surface area contributed by atoms with Crippen LogP contribution in [0.15, 0.2) is 24.3 Å². The molecule has 0 saturated carbocycles. The summed E-state index contributed by atoms with van der Waals surface area (Å²) < 4.78 is 0. The van der Waals surface area contributed by atoms with Crippen molar-refractivity contribution in [3.8, 4) is 0 Å². The van der Waals surface area contributed by atoms with Crippen LogP contribution in [0.25, 0.3) is 0 Å². The van der Waals surface area contributed by atoms with Gasteiger partial charge in [-0.1, -0.05) is 6.07 Å². The van der Waals surface area contributed by atoms with E-state index in [2.05, 4.69) is 5.32 Å². The van der Waals surface area contributed by atoms with Gasteiger partial charge in [-0.15, -0.1) is 0 Å². The SMILES string of the molecule is CN(CC(=O)NC(C)(C)C)c1cccc(N)c1. The van der Waals surface area contributed by atoms with Crippen LogP contribution >= 0.6 is 0 Å². The van der Waals surface area contributed by atoms with E-state index >= 15 is 0 Å². The van der Waals surface area contributed by atoms with Gasteiger partial charge in [0.05, 0.1) is 6.54 Å². The number of benzene rings is 1. The molecule has 4 nitrogen and oxygen atoms in total. The second-order valence-corrected chi connectivity index (χ2v) is 5.25. The minimum atomic E-state index is -0.201. The molecule has 0 aliphatic carbocycles. The summed E-state index contributed by atoms with van der Waals surface area (Å²) in [6, 6.07) is 7.49. The summed E-state index contributed by atoms with van der Waals surface area (Å²) in [5.74, 6) is 0.00224. The highest BCUT2D eigenvalue weighted by Gasteiger charge is 2.15. The summed E-state index contributed by atoms with van der Waals surface area (Å²) in [4.78, 5) is 13.6. The number of hydrogen-bond donors (Lipinski definition) is 2. The number of nitrogens with two attached hydrogens (primary N) is 1. The molecule has 1 aromatic carbocycles. The summed E-state index contributed by atoms with van der Waals surface area (Å²) in [6.45, 7) is 6.21. The Morgan fingerprint density at radius 2 is 2.06 bits per heavy atom. The first-order valence-electron chi connectivity index (χ1n) is 5.65. The highest BCUT2D eigenvalue weighted by molar-refractivity contribution is 5.82. The normalized spacial score (nSPS) is 11.1. The molecule has 0 atom stereocenters. The maximum atomic E-state index is 11.7. The summed E-state index contributed by atoms with van der Waals surface area (Å²) in [5.41, 5.74) is 7.14. The lowest BCUT2D eigenvalue weighted by atomic mass is 10.1. The van der Waals surface area contributed by atoms with Crippen LogP contribution in [0.1, 0.15) is 20.8 Å². The maximum absolute atomic E-state index is 11.7. The number of amides is 1. The molecule has 0 radical (unpaired) electrons. The van der Waals surface area contributed by atoms with Crippen LogP contribution < -0.4 is 16.0 Å². The van der Waals surface area contributed by atoms with E-state index in [0.717, 1.165) is 5.69 Å². The van der Waals surface area contributed by atoms with Gasteiger partial charge in [0.1, 0.15) is 0 Å². The Kier molecular flexibility index (Phi) is 3.99. The lowest BCUT2D eigenvalue weighted by molar-refractivity contribution is -0.121. The van der Waals surface area contributed by atoms with Crippen molar-refractivity contribution in [3.63, 3.8) is 0 Å². The number of nitrogens with one attached hydrogen (secondary N) is 1. The number of anilines is 2. The number of carbonyl (C=O) groups is 1. The van der Waals surface area contributed by atoms with Gasteiger partial charge in [0.2, 0.25) is 5.91 Å². The lowest BCUT2D eigenvalue weighted by Gasteiger charge is -2.24. The first-order valence-corrected chi connectivity index (χ1v) is 5.65. The molecule has 94 valence electrons. The van der Waals surface area contributed by atoms with E-state index < -0.39 is 0 Å². The summed E-state index contributed by atoms with van der Waals surface area (Å²) in [6.07, 6.45) is 0. The predicted molar refractivity (Wildman–Crippen MR) is 72.0 cm³/mol. The van der Waals surface area contributed by atoms with Gasteiger partial charge in [-0.25, -0.2) is 0 Å². The topological polar surface area (TPSA) is 58.4 Å². The average Bonchev–Trinajstić information content (AvgIpc) is 2.14. The summed E-state index contributed by atoms with van der Waals surface area (Å²) in [5, 5.41) is 2.92. The van der Waals surface area contributed by atoms with Gasteiger partial charge < -0.3 is 16.0 Å². The Hall–Kier alpha value is -1.71. The number of carbonyl (C=O) groups excluding carboxylic acids is 1. The second-order valence-electron chi connectivity index (χ2n) is 5.25. The summed E-state index contributed by atoms with van der Waals surface area (Å²) >= 11 is 0. The molecule has 0 unspecified atom stereocenters. The molecule has 0 aliphatic rings. The quantitative estimate of drug-likeness (QED) is 0.783. The van der Waals surface area contributed by atoms with Crippen LogP contribution in [0.4, 0.5) is 11.4 Å². The van der Waals surface area contributed by atoms with E-state index in [1.807, 2.05) is 57.0 Å². The first kappa shape index (κ1) is 13.4. The number of hydrogen-bond acceptors (Lipinski definition) is 3. The molecule has 0 fully saturated rings. The molecule has 0 aliphatic heterocycles. The van der Waals surface area contributed by atoms with E-state index in [-0.39, 0.29) is 11.4 Å². The van der Waals surface area contributed by atoms with E-state index in [1.165, 1.54) is 0 Å². The maximum Gasteiger partial charge on any atom is 0.239 e. The van der Waals surface area contributed by atoms with E-state index in [1.54, 1.807) is 0 Å². The number of likely N-dealkylation sites (N-methyl/N-ethyl adjacent to an activating group) is 1. The van der Waals surface area contributed by atoms with Crippen LogP contribution in [-0.4, -0.2) is 25.0 Å². The number of nitrogens with zero attached hydrogens (tertiary/aromatic N) is 1. The van der Waals surface area contributed by atoms with Gasteiger partial charge in [-0.3, -0.25) is 4.79 Å². The molecule has 4 heteroatoms. The molecular formula is C13H21N3O. The molecule has 0 heterocycles. The lowest BCUT2D eigenvalue weighted by Crippen LogP contribution is -2.45. The Balaban J connectivity index is 2.61. The molecule has 0 aromatic heterocycles. The van der Waals surface area contributed by atoms with Gasteiger partial charge in [0.15, 0.2) is 0 Å². The number of rotatable bonds is 3. The third-order valence-corrected chi connectivity index (χ3v) is 2.21. The zero-order valence-corrected chi connectivity index (χ0v) is 10.9. The van der Waals surface area contributed by atoms with Crippen molar-refractivity contribution >= 4 is 17.3 Å². The smallest absolute Gasteiger partial charge is 0.239 e. The van der Waals surface area contributed by atoms with E-state index in [4.69, 9.17) is 5.73 Å². The van der Waals surface area contributed by atoms with Crippen molar-refractivity contribution in [1.29, 1.82) is 0 Å². The van der Waals surface area contributed by atoms with E-state index in [0.29, 0.717) is 12.2 Å². The van der Waals surface area contributed by atoms with Gasteiger partial charge in [0, 0.05) is 24.0 Å². The monoisotopic (exact) mass is 235 g/mol. The van der Waals surface area contributed by atoms with E-state index in [9.17, 15) is 4.79 Å². The molecule has 17 heavy (non-hydrogen) atoms. The standard InChI is InChI=1S/C13H21N3O/c1-13(2,3)15-12(17)9-16(4)11-7-5-6-10(14)8-11/h5-8H,9,14H2,1-4H3,(H,15,17). The van der Waals surface area contributed by atoms with Gasteiger partial charge in [0.25, 0.3) is 0 Å². The minimum absolute atomic E-state index is 0.00224. The van der Waals surface area contributed by atoms with Gasteiger partial charge in [-0.2, -0.15) is 0 Å². The Bertz CT molecular complexity index is 396. The van der Waals surface area contributed by atoms with Crippen molar-refractivity contribution in [1.82, 2.24) is 5.32 Å². The van der Waals surface area contributed by atoms with Crippen LogP contribution in [0.3, 0.4) is 0 Å². The fourth-order valence-corrected chi connectivity index (χ4v) is 1.53. The molecule has 1 aromatic rings. The minimum Gasteiger partial charge on any atom is -0.399 e. The van der Waals surface area contributed by atoms with Gasteiger partial charge in [-0.05, 0) is 39.0 Å². The van der Waals surface area contributed by atoms with Crippen molar-refractivity contribution in [2.75, 3.05) is 24.2 Å². The van der Waals surface area contributed by atoms with Crippen LogP contribution in [0, 0.1) is 0 Å². The first-order chi connectivity index (χ1) is 7.78. The average molecular weight is 235 g/mol. The largest absolute Gasteiger partial charge is 0.399 e. The highest BCUT2D eigenvalue weighted by Crippen LogP contribution is 2.15. The second kappa shape index (κ2) is 5.08. The van der Waals surface area contributed by atoms with Crippen molar-refractivity contribution in [3.05, 3.63) is 24.3 Å². The highest BCUT2D eigenvalue weighted by atomic mass is 16.2.